The number of carbonyl (C=O) groups is 1. The number of likely N-dealkylation sites (N-methyl/N-ethyl adjacent to an activating group) is 1. The summed E-state index contributed by atoms with van der Waals surface area (Å²) in [5.41, 5.74) is 2.66. The van der Waals surface area contributed by atoms with Gasteiger partial charge in [-0.1, -0.05) is 42.5 Å². The molecule has 3 rings (SSSR count). The molecule has 1 saturated carbocycles. The average Bonchev–Trinajstić information content (AvgIpc) is 2.75. The van der Waals surface area contributed by atoms with Crippen molar-refractivity contribution in [3.8, 4) is 5.75 Å². The van der Waals surface area contributed by atoms with Gasteiger partial charge in [-0.15, -0.1) is 0 Å². The fourth-order valence-electron chi connectivity index (χ4n) is 4.13. The Hall–Kier alpha value is -2.33. The second kappa shape index (κ2) is 10.3. The van der Waals surface area contributed by atoms with Crippen LogP contribution in [0.5, 0.6) is 5.75 Å². The summed E-state index contributed by atoms with van der Waals surface area (Å²) in [6.07, 6.45) is 5.57. The van der Waals surface area contributed by atoms with Gasteiger partial charge in [0.2, 0.25) is 5.91 Å². The molecular formula is C24H32N2O2. The molecule has 0 heterocycles. The highest BCUT2D eigenvalue weighted by molar-refractivity contribution is 5.78. The zero-order valence-corrected chi connectivity index (χ0v) is 17.1. The number of benzene rings is 2. The minimum absolute atomic E-state index is 0.112. The third kappa shape index (κ3) is 5.83. The fourth-order valence-corrected chi connectivity index (χ4v) is 4.13. The smallest absolute Gasteiger partial charge is 0.234 e. The lowest BCUT2D eigenvalue weighted by Gasteiger charge is -2.34. The van der Waals surface area contributed by atoms with E-state index in [1.54, 1.807) is 7.11 Å². The molecular weight excluding hydrogens is 348 g/mol. The van der Waals surface area contributed by atoms with Crippen molar-refractivity contribution in [1.29, 1.82) is 0 Å². The monoisotopic (exact) mass is 380 g/mol. The summed E-state index contributed by atoms with van der Waals surface area (Å²) in [4.78, 5) is 14.5. The van der Waals surface area contributed by atoms with Gasteiger partial charge in [0.05, 0.1) is 13.7 Å². The van der Waals surface area contributed by atoms with E-state index in [-0.39, 0.29) is 5.91 Å². The SMILES string of the molecule is COc1ccc(CCNC(=O)CN(C)C2CCC(c3ccccc3)CC2)cc1. The van der Waals surface area contributed by atoms with Gasteiger partial charge in [0.15, 0.2) is 0 Å². The first-order valence-electron chi connectivity index (χ1n) is 10.3. The number of methoxy groups -OCH3 is 1. The predicted octanol–water partition coefficient (Wildman–Crippen LogP) is 4.01. The number of nitrogens with one attached hydrogen (secondary N) is 1. The van der Waals surface area contributed by atoms with Gasteiger partial charge < -0.3 is 10.1 Å². The van der Waals surface area contributed by atoms with Crippen molar-refractivity contribution in [3.63, 3.8) is 0 Å². The molecule has 2 aromatic carbocycles. The van der Waals surface area contributed by atoms with E-state index in [0.717, 1.165) is 25.0 Å². The van der Waals surface area contributed by atoms with E-state index in [2.05, 4.69) is 47.6 Å². The number of nitrogens with zero attached hydrogens (tertiary/aromatic N) is 1. The molecule has 1 aliphatic rings. The molecule has 0 saturated heterocycles. The van der Waals surface area contributed by atoms with Gasteiger partial charge in [0.1, 0.15) is 5.75 Å². The van der Waals surface area contributed by atoms with E-state index in [4.69, 9.17) is 4.74 Å². The van der Waals surface area contributed by atoms with Gasteiger partial charge in [-0.25, -0.2) is 0 Å². The van der Waals surface area contributed by atoms with Crippen molar-refractivity contribution in [2.24, 2.45) is 0 Å². The maximum absolute atomic E-state index is 12.3. The van der Waals surface area contributed by atoms with Gasteiger partial charge in [-0.2, -0.15) is 0 Å². The Morgan fingerprint density at radius 2 is 1.71 bits per heavy atom. The minimum atomic E-state index is 0.112. The Labute approximate surface area is 168 Å². The molecule has 4 heteroatoms. The molecule has 0 aliphatic heterocycles. The summed E-state index contributed by atoms with van der Waals surface area (Å²) in [5, 5.41) is 3.05. The lowest BCUT2D eigenvalue weighted by molar-refractivity contribution is -0.122. The summed E-state index contributed by atoms with van der Waals surface area (Å²) in [6.45, 7) is 1.14. The van der Waals surface area contributed by atoms with Crippen LogP contribution in [0, 0.1) is 0 Å². The van der Waals surface area contributed by atoms with Crippen LogP contribution in [-0.4, -0.2) is 44.1 Å². The second-order valence-electron chi connectivity index (χ2n) is 7.78. The number of hydrogen-bond donors (Lipinski definition) is 1. The van der Waals surface area contributed by atoms with E-state index >= 15 is 0 Å². The van der Waals surface area contributed by atoms with Crippen molar-refractivity contribution in [2.75, 3.05) is 27.2 Å². The van der Waals surface area contributed by atoms with E-state index in [9.17, 15) is 4.79 Å². The summed E-state index contributed by atoms with van der Waals surface area (Å²) in [5.74, 6) is 1.64. The third-order valence-corrected chi connectivity index (χ3v) is 5.88. The molecule has 0 atom stereocenters. The summed E-state index contributed by atoms with van der Waals surface area (Å²) in [6, 6.07) is 19.3. The Bertz CT molecular complexity index is 722. The third-order valence-electron chi connectivity index (χ3n) is 5.88. The molecule has 28 heavy (non-hydrogen) atoms. The maximum atomic E-state index is 12.3. The normalized spacial score (nSPS) is 19.4. The standard InChI is InChI=1S/C24H32N2O2/c1-26(22-12-10-21(11-13-22)20-6-4-3-5-7-20)18-24(27)25-17-16-19-8-14-23(28-2)15-9-19/h3-9,14-15,21-22H,10-13,16-18H2,1-2H3,(H,25,27). The number of hydrogen-bond acceptors (Lipinski definition) is 3. The molecule has 4 nitrogen and oxygen atoms in total. The highest BCUT2D eigenvalue weighted by Crippen LogP contribution is 2.34. The lowest BCUT2D eigenvalue weighted by atomic mass is 9.81. The molecule has 1 amide bonds. The van der Waals surface area contributed by atoms with Crippen LogP contribution in [0.25, 0.3) is 0 Å². The van der Waals surface area contributed by atoms with Crippen LogP contribution < -0.4 is 10.1 Å². The zero-order valence-electron chi connectivity index (χ0n) is 17.1. The van der Waals surface area contributed by atoms with Gasteiger partial charge >= 0.3 is 0 Å². The van der Waals surface area contributed by atoms with Crippen LogP contribution in [0.15, 0.2) is 54.6 Å². The van der Waals surface area contributed by atoms with Gasteiger partial charge in [0.25, 0.3) is 0 Å². The maximum Gasteiger partial charge on any atom is 0.234 e. The zero-order chi connectivity index (χ0) is 19.8. The molecule has 0 spiro atoms. The summed E-state index contributed by atoms with van der Waals surface area (Å²) in [7, 11) is 3.75. The molecule has 0 bridgehead atoms. The highest BCUT2D eigenvalue weighted by atomic mass is 16.5. The number of ether oxygens (including phenoxy) is 1. The first kappa shape index (κ1) is 20.4. The summed E-state index contributed by atoms with van der Waals surface area (Å²) >= 11 is 0. The number of rotatable bonds is 8. The predicted molar refractivity (Wildman–Crippen MR) is 114 cm³/mol. The van der Waals surface area contributed by atoms with E-state index < -0.39 is 0 Å². The first-order chi connectivity index (χ1) is 13.7. The molecule has 0 unspecified atom stereocenters. The van der Waals surface area contributed by atoms with Crippen molar-refractivity contribution in [2.45, 2.75) is 44.1 Å². The highest BCUT2D eigenvalue weighted by Gasteiger charge is 2.25. The van der Waals surface area contributed by atoms with Crippen molar-refractivity contribution in [3.05, 3.63) is 65.7 Å². The van der Waals surface area contributed by atoms with Crippen molar-refractivity contribution < 1.29 is 9.53 Å². The second-order valence-corrected chi connectivity index (χ2v) is 7.78. The molecule has 0 aromatic heterocycles. The van der Waals surface area contributed by atoms with Crippen molar-refractivity contribution >= 4 is 5.91 Å². The quantitative estimate of drug-likeness (QED) is 0.752. The van der Waals surface area contributed by atoms with E-state index in [1.807, 2.05) is 24.3 Å². The largest absolute Gasteiger partial charge is 0.497 e. The van der Waals surface area contributed by atoms with Crippen LogP contribution in [0.4, 0.5) is 0 Å². The van der Waals surface area contributed by atoms with Crippen LogP contribution in [0.1, 0.15) is 42.7 Å². The van der Waals surface area contributed by atoms with Crippen LogP contribution in [0.3, 0.4) is 0 Å². The molecule has 150 valence electrons. The average molecular weight is 381 g/mol. The fraction of sp³-hybridized carbons (Fsp3) is 0.458. The molecule has 1 fully saturated rings. The molecule has 1 N–H and O–H groups in total. The topological polar surface area (TPSA) is 41.6 Å². The Balaban J connectivity index is 1.36. The van der Waals surface area contributed by atoms with Crippen LogP contribution in [0.2, 0.25) is 0 Å². The van der Waals surface area contributed by atoms with Crippen LogP contribution in [-0.2, 0) is 11.2 Å². The van der Waals surface area contributed by atoms with Gasteiger partial charge in [-0.05, 0) is 68.3 Å². The first-order valence-corrected chi connectivity index (χ1v) is 10.3. The van der Waals surface area contributed by atoms with E-state index in [0.29, 0.717) is 25.0 Å². The number of carbonyl (C=O) groups excluding carboxylic acids is 1. The van der Waals surface area contributed by atoms with Crippen LogP contribution >= 0.6 is 0 Å². The Kier molecular flexibility index (Phi) is 7.49. The Morgan fingerprint density at radius 3 is 2.36 bits per heavy atom. The van der Waals surface area contributed by atoms with Crippen molar-refractivity contribution in [1.82, 2.24) is 10.2 Å². The van der Waals surface area contributed by atoms with Gasteiger partial charge in [0, 0.05) is 12.6 Å². The molecule has 2 aromatic rings. The molecule has 0 radical (unpaired) electrons. The summed E-state index contributed by atoms with van der Waals surface area (Å²) < 4.78 is 5.17. The molecule has 1 aliphatic carbocycles. The minimum Gasteiger partial charge on any atom is -0.497 e. The van der Waals surface area contributed by atoms with E-state index in [1.165, 1.54) is 24.0 Å². The van der Waals surface area contributed by atoms with Gasteiger partial charge in [-0.3, -0.25) is 9.69 Å². The number of amides is 1. The Morgan fingerprint density at radius 1 is 1.04 bits per heavy atom. The lowest BCUT2D eigenvalue weighted by Crippen LogP contribution is -2.42.